The van der Waals surface area contributed by atoms with E-state index in [0.717, 1.165) is 25.6 Å². The summed E-state index contributed by atoms with van der Waals surface area (Å²) in [6.45, 7) is 11.1. The van der Waals surface area contributed by atoms with Crippen LogP contribution in [-0.2, 0) is 9.53 Å². The topological polar surface area (TPSA) is 29.5 Å². The van der Waals surface area contributed by atoms with Crippen LogP contribution in [0.3, 0.4) is 0 Å². The third-order valence-corrected chi connectivity index (χ3v) is 2.79. The number of likely N-dealkylation sites (tertiary alicyclic amines) is 1. The Kier molecular flexibility index (Phi) is 4.78. The van der Waals surface area contributed by atoms with Crippen molar-refractivity contribution in [2.75, 3.05) is 19.6 Å². The third-order valence-electron chi connectivity index (χ3n) is 2.79. The molecule has 0 radical (unpaired) electrons. The van der Waals surface area contributed by atoms with Crippen molar-refractivity contribution in [1.82, 2.24) is 4.90 Å². The Balaban J connectivity index is 2.21. The summed E-state index contributed by atoms with van der Waals surface area (Å²) >= 11 is 0. The molecule has 0 spiro atoms. The maximum Gasteiger partial charge on any atom is 0.307 e. The summed E-state index contributed by atoms with van der Waals surface area (Å²) in [7, 11) is 0. The van der Waals surface area contributed by atoms with Gasteiger partial charge >= 0.3 is 5.97 Å². The van der Waals surface area contributed by atoms with E-state index in [2.05, 4.69) is 11.8 Å². The van der Waals surface area contributed by atoms with Gasteiger partial charge in [0.05, 0.1) is 6.42 Å². The van der Waals surface area contributed by atoms with Gasteiger partial charge in [-0.3, -0.25) is 4.79 Å². The first kappa shape index (κ1) is 13.5. The van der Waals surface area contributed by atoms with E-state index < -0.39 is 0 Å². The molecule has 0 saturated carbocycles. The van der Waals surface area contributed by atoms with Crippen molar-refractivity contribution in [3.05, 3.63) is 0 Å². The SMILES string of the molecule is CC1CCCN(CCC(=O)OC(C)(C)C)C1. The van der Waals surface area contributed by atoms with Crippen molar-refractivity contribution in [3.63, 3.8) is 0 Å². The summed E-state index contributed by atoms with van der Waals surface area (Å²) in [4.78, 5) is 13.9. The molecule has 0 aromatic heterocycles. The smallest absolute Gasteiger partial charge is 0.307 e. The molecule has 0 aliphatic carbocycles. The molecule has 1 atom stereocenters. The maximum atomic E-state index is 11.5. The van der Waals surface area contributed by atoms with E-state index in [4.69, 9.17) is 4.74 Å². The van der Waals surface area contributed by atoms with Gasteiger partial charge in [0.25, 0.3) is 0 Å². The third kappa shape index (κ3) is 5.50. The Bertz CT molecular complexity index is 233. The molecule has 1 unspecified atom stereocenters. The van der Waals surface area contributed by atoms with Crippen LogP contribution in [0.5, 0.6) is 0 Å². The lowest BCUT2D eigenvalue weighted by Gasteiger charge is -2.30. The van der Waals surface area contributed by atoms with E-state index in [1.165, 1.54) is 12.8 Å². The van der Waals surface area contributed by atoms with Gasteiger partial charge in [-0.15, -0.1) is 0 Å². The molecule has 0 amide bonds. The fraction of sp³-hybridized carbons (Fsp3) is 0.923. The van der Waals surface area contributed by atoms with Gasteiger partial charge in [0.1, 0.15) is 5.60 Å². The highest BCUT2D eigenvalue weighted by molar-refractivity contribution is 5.70. The summed E-state index contributed by atoms with van der Waals surface area (Å²) < 4.78 is 5.29. The summed E-state index contributed by atoms with van der Waals surface area (Å²) in [6.07, 6.45) is 3.10. The molecule has 1 aliphatic rings. The van der Waals surface area contributed by atoms with E-state index in [0.29, 0.717) is 6.42 Å². The quantitative estimate of drug-likeness (QED) is 0.694. The molecule has 94 valence electrons. The normalized spacial score (nSPS) is 23.1. The number of carbonyl (C=O) groups excluding carboxylic acids is 1. The number of piperidine rings is 1. The first-order valence-electron chi connectivity index (χ1n) is 6.31. The average molecular weight is 227 g/mol. The van der Waals surface area contributed by atoms with Crippen LogP contribution in [0, 0.1) is 5.92 Å². The second kappa shape index (κ2) is 5.67. The molecule has 0 aromatic rings. The lowest BCUT2D eigenvalue weighted by molar-refractivity contribution is -0.155. The highest BCUT2D eigenvalue weighted by Gasteiger charge is 2.19. The van der Waals surface area contributed by atoms with Gasteiger partial charge in [0, 0.05) is 13.1 Å². The van der Waals surface area contributed by atoms with Crippen LogP contribution in [0.1, 0.15) is 47.0 Å². The molecule has 0 bridgehead atoms. The van der Waals surface area contributed by atoms with Crippen molar-refractivity contribution in [1.29, 1.82) is 0 Å². The number of ether oxygens (including phenoxy) is 1. The van der Waals surface area contributed by atoms with Gasteiger partial charge in [-0.1, -0.05) is 6.92 Å². The maximum absolute atomic E-state index is 11.5. The Morgan fingerprint density at radius 3 is 2.69 bits per heavy atom. The minimum atomic E-state index is -0.355. The van der Waals surface area contributed by atoms with Gasteiger partial charge in [-0.05, 0) is 46.1 Å². The molecule has 0 aromatic carbocycles. The Hall–Kier alpha value is -0.570. The first-order valence-corrected chi connectivity index (χ1v) is 6.31. The predicted molar refractivity (Wildman–Crippen MR) is 65.3 cm³/mol. The standard InChI is InChI=1S/C13H25NO2/c1-11-6-5-8-14(10-11)9-7-12(15)16-13(2,3)4/h11H,5-10H2,1-4H3. The largest absolute Gasteiger partial charge is 0.460 e. The highest BCUT2D eigenvalue weighted by atomic mass is 16.6. The molecule has 1 aliphatic heterocycles. The Morgan fingerprint density at radius 1 is 1.44 bits per heavy atom. The van der Waals surface area contributed by atoms with E-state index in [9.17, 15) is 4.79 Å². The summed E-state index contributed by atoms with van der Waals surface area (Å²) in [5, 5.41) is 0. The minimum Gasteiger partial charge on any atom is -0.460 e. The van der Waals surface area contributed by atoms with Crippen molar-refractivity contribution in [2.45, 2.75) is 52.6 Å². The van der Waals surface area contributed by atoms with Gasteiger partial charge < -0.3 is 9.64 Å². The minimum absolute atomic E-state index is 0.0780. The number of esters is 1. The molecular weight excluding hydrogens is 202 g/mol. The van der Waals surface area contributed by atoms with E-state index >= 15 is 0 Å². The van der Waals surface area contributed by atoms with Gasteiger partial charge in [-0.2, -0.15) is 0 Å². The van der Waals surface area contributed by atoms with Crippen LogP contribution in [-0.4, -0.2) is 36.1 Å². The Morgan fingerprint density at radius 2 is 2.12 bits per heavy atom. The second-order valence-electron chi connectivity index (χ2n) is 5.88. The fourth-order valence-electron chi connectivity index (χ4n) is 2.13. The van der Waals surface area contributed by atoms with Gasteiger partial charge in [0.15, 0.2) is 0 Å². The Labute approximate surface area is 99.1 Å². The van der Waals surface area contributed by atoms with Crippen LogP contribution in [0.15, 0.2) is 0 Å². The van der Waals surface area contributed by atoms with Gasteiger partial charge in [0.2, 0.25) is 0 Å². The number of nitrogens with zero attached hydrogens (tertiary/aromatic N) is 1. The van der Waals surface area contributed by atoms with Crippen LogP contribution < -0.4 is 0 Å². The van der Waals surface area contributed by atoms with Crippen molar-refractivity contribution >= 4 is 5.97 Å². The van der Waals surface area contributed by atoms with Gasteiger partial charge in [-0.25, -0.2) is 0 Å². The predicted octanol–water partition coefficient (Wildman–Crippen LogP) is 2.45. The molecule has 0 N–H and O–H groups in total. The summed E-state index contributed by atoms with van der Waals surface area (Å²) in [5.74, 6) is 0.693. The zero-order valence-corrected chi connectivity index (χ0v) is 11.1. The van der Waals surface area contributed by atoms with E-state index in [-0.39, 0.29) is 11.6 Å². The molecule has 1 rings (SSSR count). The van der Waals surface area contributed by atoms with Crippen molar-refractivity contribution < 1.29 is 9.53 Å². The lowest BCUT2D eigenvalue weighted by Crippen LogP contribution is -2.36. The van der Waals surface area contributed by atoms with Crippen LogP contribution >= 0.6 is 0 Å². The zero-order valence-electron chi connectivity index (χ0n) is 11.1. The van der Waals surface area contributed by atoms with Crippen LogP contribution in [0.25, 0.3) is 0 Å². The van der Waals surface area contributed by atoms with E-state index in [1.54, 1.807) is 0 Å². The number of hydrogen-bond acceptors (Lipinski definition) is 3. The molecule has 1 fully saturated rings. The van der Waals surface area contributed by atoms with E-state index in [1.807, 2.05) is 20.8 Å². The molecule has 1 heterocycles. The summed E-state index contributed by atoms with van der Waals surface area (Å²) in [6, 6.07) is 0. The monoisotopic (exact) mass is 227 g/mol. The zero-order chi connectivity index (χ0) is 12.2. The second-order valence-corrected chi connectivity index (χ2v) is 5.88. The molecule has 16 heavy (non-hydrogen) atoms. The lowest BCUT2D eigenvalue weighted by atomic mass is 10.0. The number of carbonyl (C=O) groups is 1. The van der Waals surface area contributed by atoms with Crippen molar-refractivity contribution in [2.24, 2.45) is 5.92 Å². The summed E-state index contributed by atoms with van der Waals surface area (Å²) in [5.41, 5.74) is -0.355. The number of rotatable bonds is 3. The molecular formula is C13H25NO2. The highest BCUT2D eigenvalue weighted by Crippen LogP contribution is 2.16. The molecule has 3 heteroatoms. The number of hydrogen-bond donors (Lipinski definition) is 0. The van der Waals surface area contributed by atoms with Crippen molar-refractivity contribution in [3.8, 4) is 0 Å². The first-order chi connectivity index (χ1) is 7.37. The van der Waals surface area contributed by atoms with Crippen LogP contribution in [0.2, 0.25) is 0 Å². The fourth-order valence-corrected chi connectivity index (χ4v) is 2.13. The molecule has 3 nitrogen and oxygen atoms in total. The average Bonchev–Trinajstić information content (AvgIpc) is 2.12. The van der Waals surface area contributed by atoms with Crippen LogP contribution in [0.4, 0.5) is 0 Å². The molecule has 1 saturated heterocycles.